The van der Waals surface area contributed by atoms with Crippen LogP contribution in [0.3, 0.4) is 0 Å². The van der Waals surface area contributed by atoms with Gasteiger partial charge in [-0.05, 0) is 12.5 Å². The molecule has 0 spiro atoms. The molecule has 0 aromatic carbocycles. The molecule has 1 N–H and O–H groups in total. The van der Waals surface area contributed by atoms with Gasteiger partial charge in [0.25, 0.3) is 0 Å². The molecular weight excluding hydrogens is 194 g/mol. The number of hydrogen-bond acceptors (Lipinski definition) is 2. The molecule has 82 valence electrons. The lowest BCUT2D eigenvalue weighted by molar-refractivity contribution is 0.0691. The number of aromatic nitrogens is 1. The molecule has 0 bridgehead atoms. The van der Waals surface area contributed by atoms with Crippen LogP contribution in [0.25, 0.3) is 0 Å². The molecule has 0 aliphatic rings. The zero-order valence-corrected chi connectivity index (χ0v) is 8.77. The molecule has 0 radical (unpaired) electrons. The molecule has 0 saturated heterocycles. The molecule has 0 fully saturated rings. The summed E-state index contributed by atoms with van der Waals surface area (Å²) in [6.07, 6.45) is 4.38. The van der Waals surface area contributed by atoms with E-state index in [0.717, 1.165) is 13.0 Å². The highest BCUT2D eigenvalue weighted by atomic mass is 16.5. The predicted molar refractivity (Wildman–Crippen MR) is 56.9 cm³/mol. The van der Waals surface area contributed by atoms with E-state index >= 15 is 0 Å². The molecule has 4 nitrogen and oxygen atoms in total. The zero-order chi connectivity index (χ0) is 11.3. The Hall–Kier alpha value is -1.55. The third kappa shape index (κ3) is 2.70. The number of allylic oxidation sites excluding steroid dienone is 1. The van der Waals surface area contributed by atoms with Gasteiger partial charge in [-0.3, -0.25) is 0 Å². The SMILES string of the molecule is C=CCCn1ccc(C(=O)O)c1COC. The van der Waals surface area contributed by atoms with Crippen molar-refractivity contribution in [2.24, 2.45) is 0 Å². The van der Waals surface area contributed by atoms with E-state index in [9.17, 15) is 4.79 Å². The fourth-order valence-electron chi connectivity index (χ4n) is 1.44. The second-order valence-electron chi connectivity index (χ2n) is 3.19. The lowest BCUT2D eigenvalue weighted by Gasteiger charge is -2.08. The quantitative estimate of drug-likeness (QED) is 0.728. The van der Waals surface area contributed by atoms with E-state index in [1.165, 1.54) is 0 Å². The highest BCUT2D eigenvalue weighted by molar-refractivity contribution is 5.89. The van der Waals surface area contributed by atoms with Gasteiger partial charge in [-0.1, -0.05) is 6.08 Å². The summed E-state index contributed by atoms with van der Waals surface area (Å²) in [4.78, 5) is 10.9. The minimum absolute atomic E-state index is 0.306. The van der Waals surface area contributed by atoms with Gasteiger partial charge in [-0.2, -0.15) is 0 Å². The van der Waals surface area contributed by atoms with Gasteiger partial charge in [-0.25, -0.2) is 4.79 Å². The van der Waals surface area contributed by atoms with E-state index in [4.69, 9.17) is 9.84 Å². The van der Waals surface area contributed by atoms with E-state index in [0.29, 0.717) is 17.9 Å². The Morgan fingerprint density at radius 2 is 2.47 bits per heavy atom. The lowest BCUT2D eigenvalue weighted by atomic mass is 10.2. The van der Waals surface area contributed by atoms with Crippen molar-refractivity contribution in [3.05, 3.63) is 36.2 Å². The number of carboxylic acids is 1. The average molecular weight is 209 g/mol. The summed E-state index contributed by atoms with van der Waals surface area (Å²) in [5, 5.41) is 8.94. The minimum atomic E-state index is -0.917. The molecule has 0 aliphatic heterocycles. The Balaban J connectivity index is 2.94. The summed E-state index contributed by atoms with van der Waals surface area (Å²) < 4.78 is 6.87. The molecule has 1 heterocycles. The number of aromatic carboxylic acids is 1. The zero-order valence-electron chi connectivity index (χ0n) is 8.77. The van der Waals surface area contributed by atoms with Gasteiger partial charge in [0.05, 0.1) is 17.9 Å². The van der Waals surface area contributed by atoms with Crippen LogP contribution in [-0.4, -0.2) is 22.8 Å². The molecule has 0 amide bonds. The third-order valence-electron chi connectivity index (χ3n) is 2.16. The summed E-state index contributed by atoms with van der Waals surface area (Å²) >= 11 is 0. The fraction of sp³-hybridized carbons (Fsp3) is 0.364. The molecule has 15 heavy (non-hydrogen) atoms. The van der Waals surface area contributed by atoms with E-state index < -0.39 is 5.97 Å². The molecule has 0 saturated carbocycles. The van der Waals surface area contributed by atoms with Crippen LogP contribution in [0.4, 0.5) is 0 Å². The first-order chi connectivity index (χ1) is 7.20. The Morgan fingerprint density at radius 3 is 3.00 bits per heavy atom. The van der Waals surface area contributed by atoms with Gasteiger partial charge < -0.3 is 14.4 Å². The molecular formula is C11H15NO3. The highest BCUT2D eigenvalue weighted by Crippen LogP contribution is 2.13. The number of hydrogen-bond donors (Lipinski definition) is 1. The monoisotopic (exact) mass is 209 g/mol. The van der Waals surface area contributed by atoms with Crippen molar-refractivity contribution >= 4 is 5.97 Å². The largest absolute Gasteiger partial charge is 0.478 e. The first-order valence-electron chi connectivity index (χ1n) is 4.71. The Bertz CT molecular complexity index is 355. The first kappa shape index (κ1) is 11.5. The number of nitrogens with zero attached hydrogens (tertiary/aromatic N) is 1. The highest BCUT2D eigenvalue weighted by Gasteiger charge is 2.14. The van der Waals surface area contributed by atoms with Crippen molar-refractivity contribution in [3.8, 4) is 0 Å². The van der Waals surface area contributed by atoms with Crippen LogP contribution in [0.1, 0.15) is 22.5 Å². The van der Waals surface area contributed by atoms with Crippen molar-refractivity contribution in [1.82, 2.24) is 4.57 Å². The molecule has 1 aromatic rings. The summed E-state index contributed by atoms with van der Waals surface area (Å²) in [6, 6.07) is 1.60. The van der Waals surface area contributed by atoms with E-state index in [1.807, 2.05) is 4.57 Å². The van der Waals surface area contributed by atoms with Gasteiger partial charge in [-0.15, -0.1) is 6.58 Å². The number of aryl methyl sites for hydroxylation is 1. The van der Waals surface area contributed by atoms with Gasteiger partial charge in [0.15, 0.2) is 0 Å². The topological polar surface area (TPSA) is 51.5 Å². The smallest absolute Gasteiger partial charge is 0.337 e. The van der Waals surface area contributed by atoms with Crippen molar-refractivity contribution in [3.63, 3.8) is 0 Å². The predicted octanol–water partition coefficient (Wildman–Crippen LogP) is 1.91. The lowest BCUT2D eigenvalue weighted by Crippen LogP contribution is -2.07. The normalized spacial score (nSPS) is 10.2. The molecule has 0 atom stereocenters. The van der Waals surface area contributed by atoms with Crippen molar-refractivity contribution in [2.45, 2.75) is 19.6 Å². The maximum atomic E-state index is 10.9. The van der Waals surface area contributed by atoms with Crippen LogP contribution < -0.4 is 0 Å². The second-order valence-corrected chi connectivity index (χ2v) is 3.19. The minimum Gasteiger partial charge on any atom is -0.478 e. The second kappa shape index (κ2) is 5.36. The third-order valence-corrected chi connectivity index (χ3v) is 2.16. The van der Waals surface area contributed by atoms with Crippen molar-refractivity contribution in [2.75, 3.05) is 7.11 Å². The van der Waals surface area contributed by atoms with Gasteiger partial charge in [0.1, 0.15) is 0 Å². The van der Waals surface area contributed by atoms with E-state index in [-0.39, 0.29) is 0 Å². The summed E-state index contributed by atoms with van der Waals surface area (Å²) in [7, 11) is 1.55. The van der Waals surface area contributed by atoms with Crippen LogP contribution in [0.5, 0.6) is 0 Å². The number of methoxy groups -OCH3 is 1. The van der Waals surface area contributed by atoms with Crippen LogP contribution in [-0.2, 0) is 17.9 Å². The van der Waals surface area contributed by atoms with Gasteiger partial charge in [0.2, 0.25) is 0 Å². The average Bonchev–Trinajstić information content (AvgIpc) is 2.59. The van der Waals surface area contributed by atoms with E-state index in [2.05, 4.69) is 6.58 Å². The fourth-order valence-corrected chi connectivity index (χ4v) is 1.44. The number of rotatable bonds is 6. The molecule has 0 aliphatic carbocycles. The van der Waals surface area contributed by atoms with Crippen molar-refractivity contribution < 1.29 is 14.6 Å². The number of carboxylic acid groups (broad SMARTS) is 1. The molecule has 1 aromatic heterocycles. The summed E-state index contributed by atoms with van der Waals surface area (Å²) in [5.41, 5.74) is 1.01. The van der Waals surface area contributed by atoms with Crippen LogP contribution in [0, 0.1) is 0 Å². The summed E-state index contributed by atoms with van der Waals surface area (Å²) in [6.45, 7) is 4.68. The van der Waals surface area contributed by atoms with Crippen LogP contribution >= 0.6 is 0 Å². The Labute approximate surface area is 88.8 Å². The maximum absolute atomic E-state index is 10.9. The first-order valence-corrected chi connectivity index (χ1v) is 4.71. The molecule has 0 unspecified atom stereocenters. The standard InChI is InChI=1S/C11H15NO3/c1-3-4-6-12-7-5-9(11(13)14)10(12)8-15-2/h3,5,7H,1,4,6,8H2,2H3,(H,13,14). The van der Waals surface area contributed by atoms with Crippen LogP contribution in [0.15, 0.2) is 24.9 Å². The number of carbonyl (C=O) groups is 1. The molecule has 4 heteroatoms. The molecule has 1 rings (SSSR count). The van der Waals surface area contributed by atoms with E-state index in [1.54, 1.807) is 25.4 Å². The Morgan fingerprint density at radius 1 is 1.73 bits per heavy atom. The Kier molecular flexibility index (Phi) is 4.12. The van der Waals surface area contributed by atoms with Crippen LogP contribution in [0.2, 0.25) is 0 Å². The van der Waals surface area contributed by atoms with Crippen molar-refractivity contribution in [1.29, 1.82) is 0 Å². The maximum Gasteiger partial charge on any atom is 0.337 e. The van der Waals surface area contributed by atoms with Gasteiger partial charge >= 0.3 is 5.97 Å². The van der Waals surface area contributed by atoms with Gasteiger partial charge in [0, 0.05) is 19.9 Å². The summed E-state index contributed by atoms with van der Waals surface area (Å²) in [5.74, 6) is -0.917. The number of ether oxygens (including phenoxy) is 1.